The predicted molar refractivity (Wildman–Crippen MR) is 125 cm³/mol. The largest absolute Gasteiger partial charge is 0.487 e. The highest BCUT2D eigenvalue weighted by atomic mass is 32.2. The average molecular weight is 482 g/mol. The molecule has 0 saturated heterocycles. The van der Waals surface area contributed by atoms with E-state index < -0.39 is 28.3 Å². The topological polar surface area (TPSA) is 119 Å². The second kappa shape index (κ2) is 11.7. The van der Waals surface area contributed by atoms with E-state index >= 15 is 0 Å². The number of aliphatic hydroxyl groups is 2. The highest BCUT2D eigenvalue weighted by Crippen LogP contribution is 2.34. The summed E-state index contributed by atoms with van der Waals surface area (Å²) in [5.74, 6) is 5.29. The van der Waals surface area contributed by atoms with Gasteiger partial charge in [-0.1, -0.05) is 25.7 Å². The molecule has 1 heterocycles. The molecule has 1 aromatic rings. The maximum atomic E-state index is 13.4. The highest BCUT2D eigenvalue weighted by Gasteiger charge is 2.38. The highest BCUT2D eigenvalue weighted by molar-refractivity contribution is 7.89. The normalized spacial score (nSPS) is 21.8. The van der Waals surface area contributed by atoms with E-state index in [9.17, 15) is 23.4 Å². The summed E-state index contributed by atoms with van der Waals surface area (Å²) in [4.78, 5) is 13.9. The van der Waals surface area contributed by atoms with Crippen molar-refractivity contribution in [2.45, 2.75) is 57.3 Å². The molecule has 2 amide bonds. The van der Waals surface area contributed by atoms with Crippen LogP contribution in [0.5, 0.6) is 5.75 Å². The molecule has 10 heteroatoms. The van der Waals surface area contributed by atoms with Gasteiger partial charge in [-0.15, -0.1) is 0 Å². The van der Waals surface area contributed by atoms with Gasteiger partial charge in [0.2, 0.25) is 10.0 Å². The summed E-state index contributed by atoms with van der Waals surface area (Å²) in [5.41, 5.74) is 0.493. The number of sulfonamides is 1. The van der Waals surface area contributed by atoms with Crippen LogP contribution in [0.3, 0.4) is 0 Å². The molecule has 0 radical (unpaired) electrons. The van der Waals surface area contributed by atoms with Crippen LogP contribution in [0.25, 0.3) is 0 Å². The molecular weight excluding hydrogens is 446 g/mol. The number of carbonyl (C=O) groups is 1. The van der Waals surface area contributed by atoms with Gasteiger partial charge in [0.25, 0.3) is 0 Å². The number of rotatable bonds is 6. The van der Waals surface area contributed by atoms with Crippen LogP contribution in [-0.4, -0.2) is 85.4 Å². The fourth-order valence-electron chi connectivity index (χ4n) is 3.43. The Bertz CT molecular complexity index is 986. The number of carbonyl (C=O) groups excluding carboxylic acids is 1. The molecule has 0 aromatic heterocycles. The van der Waals surface area contributed by atoms with E-state index in [1.165, 1.54) is 28.3 Å². The Morgan fingerprint density at radius 1 is 1.39 bits per heavy atom. The number of amides is 2. The Morgan fingerprint density at radius 2 is 2.09 bits per heavy atom. The van der Waals surface area contributed by atoms with Crippen molar-refractivity contribution in [2.75, 3.05) is 33.3 Å². The van der Waals surface area contributed by atoms with Crippen LogP contribution in [0.1, 0.15) is 39.7 Å². The first-order valence-electron chi connectivity index (χ1n) is 11.1. The number of benzene rings is 1. The van der Waals surface area contributed by atoms with Crippen LogP contribution >= 0.6 is 0 Å². The Hall–Kier alpha value is -2.32. The zero-order chi connectivity index (χ0) is 24.8. The number of fused-ring (bicyclic) bond motifs is 1. The molecule has 184 valence electrons. The number of hydrogen-bond acceptors (Lipinski definition) is 6. The van der Waals surface area contributed by atoms with Crippen LogP contribution in [0.15, 0.2) is 23.1 Å². The molecule has 2 rings (SSSR count). The number of nitrogens with one attached hydrogen (secondary N) is 1. The van der Waals surface area contributed by atoms with Crippen molar-refractivity contribution in [1.29, 1.82) is 0 Å². The summed E-state index contributed by atoms with van der Waals surface area (Å²) in [5, 5.41) is 22.0. The van der Waals surface area contributed by atoms with Crippen LogP contribution in [0.2, 0.25) is 0 Å². The van der Waals surface area contributed by atoms with E-state index in [1.54, 1.807) is 20.0 Å². The molecule has 3 N–H and O–H groups in total. The lowest BCUT2D eigenvalue weighted by atomic mass is 10.0. The van der Waals surface area contributed by atoms with Gasteiger partial charge in [-0.2, -0.15) is 4.31 Å². The van der Waals surface area contributed by atoms with Gasteiger partial charge in [0.15, 0.2) is 0 Å². The summed E-state index contributed by atoms with van der Waals surface area (Å²) in [6.45, 7) is 7.59. The van der Waals surface area contributed by atoms with E-state index in [0.717, 1.165) is 6.42 Å². The maximum absolute atomic E-state index is 13.4. The Labute approximate surface area is 196 Å². The third kappa shape index (κ3) is 6.84. The predicted octanol–water partition coefficient (Wildman–Crippen LogP) is 1.24. The molecule has 0 aliphatic carbocycles. The van der Waals surface area contributed by atoms with E-state index in [0.29, 0.717) is 12.1 Å². The molecule has 1 aliphatic rings. The van der Waals surface area contributed by atoms with Crippen molar-refractivity contribution in [2.24, 2.45) is 5.92 Å². The molecule has 0 unspecified atom stereocenters. The summed E-state index contributed by atoms with van der Waals surface area (Å²) >= 11 is 0. The van der Waals surface area contributed by atoms with Crippen LogP contribution in [-0.2, 0) is 10.0 Å². The summed E-state index contributed by atoms with van der Waals surface area (Å²) in [6, 6.07) is 3.65. The second-order valence-corrected chi connectivity index (χ2v) is 10.3. The van der Waals surface area contributed by atoms with Crippen molar-refractivity contribution >= 4 is 16.1 Å². The van der Waals surface area contributed by atoms with E-state index in [-0.39, 0.29) is 42.3 Å². The lowest BCUT2D eigenvalue weighted by Gasteiger charge is -2.37. The van der Waals surface area contributed by atoms with Gasteiger partial charge in [0.05, 0.1) is 13.2 Å². The van der Waals surface area contributed by atoms with Crippen LogP contribution < -0.4 is 10.1 Å². The molecule has 0 bridgehead atoms. The Kier molecular flexibility index (Phi) is 9.55. The molecule has 4 atom stereocenters. The van der Waals surface area contributed by atoms with Gasteiger partial charge in [-0.3, -0.25) is 0 Å². The number of likely N-dealkylation sites (N-methyl/N-ethyl adjacent to an activating group) is 1. The van der Waals surface area contributed by atoms with Gasteiger partial charge in [-0.25, -0.2) is 13.2 Å². The standard InChI is InChI=1S/C23H35N3O6S/c1-6-11-24-23(29)25(5)14-21-16(2)13-26(17(3)15-27)33(30,31)22-10-9-19(8-7-18(4)28)12-20(22)32-21/h9-10,12,16-18,21,27-28H,6,11,13-15H2,1-5H3,(H,24,29)/t16-,17-,18+,21-/m1/s1. The fourth-order valence-corrected chi connectivity index (χ4v) is 5.25. The quantitative estimate of drug-likeness (QED) is 0.526. The first kappa shape index (κ1) is 26.9. The fraction of sp³-hybridized carbons (Fsp3) is 0.609. The smallest absolute Gasteiger partial charge is 0.317 e. The summed E-state index contributed by atoms with van der Waals surface area (Å²) < 4.78 is 34.4. The number of ether oxygens (including phenoxy) is 1. The van der Waals surface area contributed by atoms with E-state index in [4.69, 9.17) is 4.74 Å². The van der Waals surface area contributed by atoms with Crippen LogP contribution in [0, 0.1) is 17.8 Å². The van der Waals surface area contributed by atoms with Gasteiger partial charge >= 0.3 is 6.03 Å². The number of hydrogen-bond donors (Lipinski definition) is 3. The minimum atomic E-state index is -3.96. The lowest BCUT2D eigenvalue weighted by Crippen LogP contribution is -2.51. The molecule has 1 aliphatic heterocycles. The first-order chi connectivity index (χ1) is 15.5. The lowest BCUT2D eigenvalue weighted by molar-refractivity contribution is 0.0812. The molecular formula is C23H35N3O6S. The summed E-state index contributed by atoms with van der Waals surface area (Å²) in [6.07, 6.45) is -0.531. The molecule has 0 saturated carbocycles. The van der Waals surface area contributed by atoms with Gasteiger partial charge < -0.3 is 25.2 Å². The third-order valence-electron chi connectivity index (χ3n) is 5.42. The maximum Gasteiger partial charge on any atom is 0.317 e. The van der Waals surface area contributed by atoms with Gasteiger partial charge in [-0.05, 0) is 38.5 Å². The SMILES string of the molecule is CCCNC(=O)N(C)C[C@H]1Oc2cc(C#C[C@H](C)O)ccc2S(=O)(=O)N([C@H](C)CO)C[C@H]1C. The Morgan fingerprint density at radius 3 is 2.70 bits per heavy atom. The molecule has 0 fully saturated rings. The van der Waals surface area contributed by atoms with Crippen molar-refractivity contribution in [3.05, 3.63) is 23.8 Å². The zero-order valence-corrected chi connectivity index (χ0v) is 20.7. The molecule has 0 spiro atoms. The average Bonchev–Trinajstić information content (AvgIpc) is 2.77. The van der Waals surface area contributed by atoms with Gasteiger partial charge in [0, 0.05) is 37.7 Å². The monoisotopic (exact) mass is 481 g/mol. The minimum absolute atomic E-state index is 0.0274. The van der Waals surface area contributed by atoms with Crippen molar-refractivity contribution in [1.82, 2.24) is 14.5 Å². The van der Waals surface area contributed by atoms with Crippen molar-refractivity contribution < 1.29 is 28.2 Å². The number of urea groups is 1. The number of nitrogens with zero attached hydrogens (tertiary/aromatic N) is 2. The van der Waals surface area contributed by atoms with E-state index in [2.05, 4.69) is 17.2 Å². The second-order valence-electron chi connectivity index (χ2n) is 8.46. The summed E-state index contributed by atoms with van der Waals surface area (Å²) in [7, 11) is -2.29. The third-order valence-corrected chi connectivity index (χ3v) is 7.44. The van der Waals surface area contributed by atoms with E-state index in [1.807, 2.05) is 13.8 Å². The Balaban J connectivity index is 2.51. The van der Waals surface area contributed by atoms with Gasteiger partial charge in [0.1, 0.15) is 22.9 Å². The first-order valence-corrected chi connectivity index (χ1v) is 12.6. The number of aliphatic hydroxyl groups excluding tert-OH is 2. The van der Waals surface area contributed by atoms with Crippen LogP contribution in [0.4, 0.5) is 4.79 Å². The molecule has 33 heavy (non-hydrogen) atoms. The molecule has 9 nitrogen and oxygen atoms in total. The molecule has 1 aromatic carbocycles. The minimum Gasteiger partial charge on any atom is -0.487 e. The zero-order valence-electron chi connectivity index (χ0n) is 19.9. The van der Waals surface area contributed by atoms with Crippen molar-refractivity contribution in [3.63, 3.8) is 0 Å². The van der Waals surface area contributed by atoms with Crippen molar-refractivity contribution in [3.8, 4) is 17.6 Å².